The molecule has 0 aromatic carbocycles. The fourth-order valence-electron chi connectivity index (χ4n) is 1.17. The lowest BCUT2D eigenvalue weighted by atomic mass is 10.2. The van der Waals surface area contributed by atoms with E-state index < -0.39 is 24.9 Å². The monoisotopic (exact) mass is 255 g/mol. The Morgan fingerprint density at radius 2 is 2.00 bits per heavy atom. The van der Waals surface area contributed by atoms with E-state index in [0.717, 1.165) is 0 Å². The van der Waals surface area contributed by atoms with Crippen LogP contribution in [0, 0.1) is 0 Å². The molecule has 0 aromatic rings. The minimum Gasteiger partial charge on any atom is -0.409 e. The zero-order valence-electron chi connectivity index (χ0n) is 9.50. The van der Waals surface area contributed by atoms with Gasteiger partial charge in [-0.2, -0.15) is 13.2 Å². The van der Waals surface area contributed by atoms with Crippen molar-refractivity contribution in [1.82, 2.24) is 4.90 Å². The number of hydrogen-bond donors (Lipinski definition) is 2. The van der Waals surface area contributed by atoms with Crippen molar-refractivity contribution < 1.29 is 23.2 Å². The zero-order chi connectivity index (χ0) is 13.5. The van der Waals surface area contributed by atoms with Crippen LogP contribution in [-0.4, -0.2) is 41.1 Å². The minimum absolute atomic E-state index is 0.0629. The first kappa shape index (κ1) is 15.5. The van der Waals surface area contributed by atoms with Crippen molar-refractivity contribution >= 4 is 11.7 Å². The van der Waals surface area contributed by atoms with Crippen LogP contribution in [0.2, 0.25) is 0 Å². The first-order valence-corrected chi connectivity index (χ1v) is 5.11. The van der Waals surface area contributed by atoms with Gasteiger partial charge in [-0.25, -0.2) is 0 Å². The van der Waals surface area contributed by atoms with Crippen molar-refractivity contribution in [2.24, 2.45) is 10.9 Å². The number of nitrogens with zero attached hydrogens (tertiary/aromatic N) is 2. The van der Waals surface area contributed by atoms with E-state index in [9.17, 15) is 18.0 Å². The van der Waals surface area contributed by atoms with Crippen LogP contribution in [0.1, 0.15) is 26.2 Å². The number of carbonyl (C=O) groups is 1. The van der Waals surface area contributed by atoms with Crippen LogP contribution in [0.3, 0.4) is 0 Å². The number of carbonyl (C=O) groups excluding carboxylic acids is 1. The van der Waals surface area contributed by atoms with Gasteiger partial charge in [0.2, 0.25) is 5.91 Å². The van der Waals surface area contributed by atoms with Gasteiger partial charge in [-0.05, 0) is 6.92 Å². The lowest BCUT2D eigenvalue weighted by Gasteiger charge is -2.20. The minimum atomic E-state index is -4.33. The Hall–Kier alpha value is -1.47. The first-order chi connectivity index (χ1) is 7.80. The van der Waals surface area contributed by atoms with Gasteiger partial charge in [0.05, 0.1) is 6.42 Å². The SMILES string of the molecule is CCN(CCC(N)=NO)C(=O)CCC(F)(F)F. The number of nitrogens with two attached hydrogens (primary N) is 1. The van der Waals surface area contributed by atoms with Gasteiger partial charge in [0, 0.05) is 25.9 Å². The van der Waals surface area contributed by atoms with Gasteiger partial charge in [-0.1, -0.05) is 5.16 Å². The summed E-state index contributed by atoms with van der Waals surface area (Å²) in [6.45, 7) is 2.08. The summed E-state index contributed by atoms with van der Waals surface area (Å²) in [5.41, 5.74) is 5.20. The number of oxime groups is 1. The molecule has 0 saturated carbocycles. The van der Waals surface area contributed by atoms with Crippen LogP contribution in [0.25, 0.3) is 0 Å². The van der Waals surface area contributed by atoms with Gasteiger partial charge >= 0.3 is 6.18 Å². The Morgan fingerprint density at radius 3 is 2.41 bits per heavy atom. The van der Waals surface area contributed by atoms with E-state index >= 15 is 0 Å². The fourth-order valence-corrected chi connectivity index (χ4v) is 1.17. The summed E-state index contributed by atoms with van der Waals surface area (Å²) in [6, 6.07) is 0. The lowest BCUT2D eigenvalue weighted by molar-refractivity contribution is -0.149. The summed E-state index contributed by atoms with van der Waals surface area (Å²) < 4.78 is 35.7. The quantitative estimate of drug-likeness (QED) is 0.325. The van der Waals surface area contributed by atoms with Crippen molar-refractivity contribution in [3.63, 3.8) is 0 Å². The molecule has 0 heterocycles. The highest BCUT2D eigenvalue weighted by molar-refractivity contribution is 5.81. The van der Waals surface area contributed by atoms with Gasteiger partial charge < -0.3 is 15.8 Å². The first-order valence-electron chi connectivity index (χ1n) is 5.11. The molecular weight excluding hydrogens is 239 g/mol. The second-order valence-electron chi connectivity index (χ2n) is 3.43. The summed E-state index contributed by atoms with van der Waals surface area (Å²) in [5, 5.41) is 11.0. The Labute approximate surface area is 97.1 Å². The van der Waals surface area contributed by atoms with E-state index in [-0.39, 0.29) is 25.3 Å². The Morgan fingerprint density at radius 1 is 1.41 bits per heavy atom. The van der Waals surface area contributed by atoms with Gasteiger partial charge in [0.15, 0.2) is 0 Å². The number of amidine groups is 1. The molecule has 0 aromatic heterocycles. The smallest absolute Gasteiger partial charge is 0.389 e. The summed E-state index contributed by atoms with van der Waals surface area (Å²) >= 11 is 0. The number of hydrogen-bond acceptors (Lipinski definition) is 3. The number of alkyl halides is 3. The number of rotatable bonds is 6. The number of halogens is 3. The summed E-state index contributed by atoms with van der Waals surface area (Å²) in [7, 11) is 0. The molecule has 17 heavy (non-hydrogen) atoms. The Balaban J connectivity index is 4.13. The standard InChI is InChI=1S/C9H16F3N3O2/c1-2-15(6-4-7(13)14-17)8(16)3-5-9(10,11)12/h17H,2-6H2,1H3,(H2,13,14). The third-order valence-corrected chi connectivity index (χ3v) is 2.12. The van der Waals surface area contributed by atoms with E-state index in [2.05, 4.69) is 5.16 Å². The van der Waals surface area contributed by atoms with Gasteiger partial charge in [0.1, 0.15) is 5.84 Å². The van der Waals surface area contributed by atoms with Crippen molar-refractivity contribution in [3.05, 3.63) is 0 Å². The van der Waals surface area contributed by atoms with Crippen molar-refractivity contribution in [2.75, 3.05) is 13.1 Å². The van der Waals surface area contributed by atoms with Crippen molar-refractivity contribution in [3.8, 4) is 0 Å². The Bertz CT molecular complexity index is 279. The predicted octanol–water partition coefficient (Wildman–Crippen LogP) is 1.31. The van der Waals surface area contributed by atoms with Crippen LogP contribution in [0.15, 0.2) is 5.16 Å². The second kappa shape index (κ2) is 6.97. The third kappa shape index (κ3) is 7.42. The van der Waals surface area contributed by atoms with Crippen LogP contribution in [0.5, 0.6) is 0 Å². The van der Waals surface area contributed by atoms with E-state index in [1.54, 1.807) is 6.92 Å². The van der Waals surface area contributed by atoms with E-state index in [1.807, 2.05) is 0 Å². The van der Waals surface area contributed by atoms with Crippen LogP contribution in [-0.2, 0) is 4.79 Å². The molecule has 3 N–H and O–H groups in total. The molecule has 0 radical (unpaired) electrons. The van der Waals surface area contributed by atoms with Gasteiger partial charge in [-0.3, -0.25) is 4.79 Å². The van der Waals surface area contributed by atoms with E-state index in [1.165, 1.54) is 4.90 Å². The molecule has 8 heteroatoms. The molecule has 0 atom stereocenters. The summed E-state index contributed by atoms with van der Waals surface area (Å²) in [5.74, 6) is -0.650. The maximum atomic E-state index is 11.9. The second-order valence-corrected chi connectivity index (χ2v) is 3.43. The van der Waals surface area contributed by atoms with Crippen LogP contribution >= 0.6 is 0 Å². The molecule has 0 rings (SSSR count). The van der Waals surface area contributed by atoms with Crippen molar-refractivity contribution in [2.45, 2.75) is 32.4 Å². The molecule has 5 nitrogen and oxygen atoms in total. The van der Waals surface area contributed by atoms with E-state index in [0.29, 0.717) is 0 Å². The molecule has 0 aliphatic rings. The van der Waals surface area contributed by atoms with Crippen LogP contribution < -0.4 is 5.73 Å². The molecule has 0 aliphatic carbocycles. The molecule has 100 valence electrons. The van der Waals surface area contributed by atoms with E-state index in [4.69, 9.17) is 10.9 Å². The van der Waals surface area contributed by atoms with Gasteiger partial charge in [0.25, 0.3) is 0 Å². The molecule has 0 saturated heterocycles. The maximum Gasteiger partial charge on any atom is 0.389 e. The lowest BCUT2D eigenvalue weighted by Crippen LogP contribution is -2.34. The highest BCUT2D eigenvalue weighted by Crippen LogP contribution is 2.21. The average molecular weight is 255 g/mol. The molecule has 1 amide bonds. The van der Waals surface area contributed by atoms with Crippen molar-refractivity contribution in [1.29, 1.82) is 0 Å². The largest absolute Gasteiger partial charge is 0.409 e. The van der Waals surface area contributed by atoms with Gasteiger partial charge in [-0.15, -0.1) is 0 Å². The molecule has 0 aliphatic heterocycles. The molecule has 0 bridgehead atoms. The average Bonchev–Trinajstić information content (AvgIpc) is 2.25. The Kier molecular flexibility index (Phi) is 6.37. The summed E-state index contributed by atoms with van der Waals surface area (Å²) in [4.78, 5) is 12.6. The topological polar surface area (TPSA) is 78.9 Å². The molecule has 0 unspecified atom stereocenters. The number of amides is 1. The zero-order valence-corrected chi connectivity index (χ0v) is 9.50. The highest BCUT2D eigenvalue weighted by Gasteiger charge is 2.28. The maximum absolute atomic E-state index is 11.9. The molecule has 0 spiro atoms. The highest BCUT2D eigenvalue weighted by atomic mass is 19.4. The fraction of sp³-hybridized carbons (Fsp3) is 0.778. The summed E-state index contributed by atoms with van der Waals surface area (Å²) in [6.07, 6.45) is -5.91. The molecular formula is C9H16F3N3O2. The molecule has 0 fully saturated rings. The normalized spacial score (nSPS) is 12.6. The predicted molar refractivity (Wildman–Crippen MR) is 55.6 cm³/mol. The third-order valence-electron chi connectivity index (χ3n) is 2.12. The van der Waals surface area contributed by atoms with Crippen LogP contribution in [0.4, 0.5) is 13.2 Å².